The fourth-order valence-electron chi connectivity index (χ4n) is 1.75. The highest BCUT2D eigenvalue weighted by molar-refractivity contribution is 5.98. The second kappa shape index (κ2) is 5.82. The van der Waals surface area contributed by atoms with Crippen molar-refractivity contribution in [3.8, 4) is 5.75 Å². The SMILES string of the molecule is COCCOc1ccccc1C(=O)CC1CC1. The Kier molecular flexibility index (Phi) is 4.15. The Balaban J connectivity index is 2.00. The molecule has 92 valence electrons. The number of hydrogen-bond acceptors (Lipinski definition) is 3. The minimum Gasteiger partial charge on any atom is -0.490 e. The lowest BCUT2D eigenvalue weighted by Crippen LogP contribution is -2.08. The lowest BCUT2D eigenvalue weighted by molar-refractivity contribution is 0.0968. The Labute approximate surface area is 102 Å². The Hall–Kier alpha value is -1.35. The van der Waals surface area contributed by atoms with Gasteiger partial charge < -0.3 is 9.47 Å². The molecule has 0 radical (unpaired) electrons. The van der Waals surface area contributed by atoms with E-state index in [2.05, 4.69) is 0 Å². The molecular weight excluding hydrogens is 216 g/mol. The molecule has 1 aromatic rings. The van der Waals surface area contributed by atoms with Crippen LogP contribution >= 0.6 is 0 Å². The smallest absolute Gasteiger partial charge is 0.166 e. The van der Waals surface area contributed by atoms with Crippen LogP contribution in [0.25, 0.3) is 0 Å². The standard InChI is InChI=1S/C14H18O3/c1-16-8-9-17-14-5-3-2-4-12(14)13(15)10-11-6-7-11/h2-5,11H,6-10H2,1H3. The average Bonchev–Trinajstić information content (AvgIpc) is 3.14. The van der Waals surface area contributed by atoms with Gasteiger partial charge in [-0.25, -0.2) is 0 Å². The van der Waals surface area contributed by atoms with Gasteiger partial charge in [0.15, 0.2) is 5.78 Å². The predicted molar refractivity (Wildman–Crippen MR) is 65.5 cm³/mol. The minimum absolute atomic E-state index is 0.195. The van der Waals surface area contributed by atoms with Gasteiger partial charge >= 0.3 is 0 Å². The van der Waals surface area contributed by atoms with Gasteiger partial charge in [-0.2, -0.15) is 0 Å². The maximum atomic E-state index is 12.0. The summed E-state index contributed by atoms with van der Waals surface area (Å²) in [6.45, 7) is 1.01. The fourth-order valence-corrected chi connectivity index (χ4v) is 1.75. The number of para-hydroxylation sites is 1. The molecule has 0 aromatic heterocycles. The average molecular weight is 234 g/mol. The van der Waals surface area contributed by atoms with E-state index >= 15 is 0 Å². The molecule has 0 amide bonds. The number of methoxy groups -OCH3 is 1. The monoisotopic (exact) mass is 234 g/mol. The number of carbonyl (C=O) groups excluding carboxylic acids is 1. The van der Waals surface area contributed by atoms with Gasteiger partial charge in [-0.1, -0.05) is 12.1 Å². The number of benzene rings is 1. The van der Waals surface area contributed by atoms with Gasteiger partial charge in [0, 0.05) is 13.5 Å². The Morgan fingerprint density at radius 3 is 2.76 bits per heavy atom. The van der Waals surface area contributed by atoms with Crippen LogP contribution in [0.5, 0.6) is 5.75 Å². The van der Waals surface area contributed by atoms with Crippen molar-refractivity contribution in [2.75, 3.05) is 20.3 Å². The summed E-state index contributed by atoms with van der Waals surface area (Å²) in [5.74, 6) is 1.48. The molecule has 0 bridgehead atoms. The number of rotatable bonds is 7. The van der Waals surface area contributed by atoms with Crippen molar-refractivity contribution < 1.29 is 14.3 Å². The van der Waals surface area contributed by atoms with Gasteiger partial charge in [-0.05, 0) is 30.9 Å². The molecule has 1 aliphatic carbocycles. The van der Waals surface area contributed by atoms with E-state index in [0.29, 0.717) is 36.9 Å². The second-order valence-electron chi connectivity index (χ2n) is 4.41. The van der Waals surface area contributed by atoms with E-state index in [1.165, 1.54) is 12.8 Å². The molecule has 0 atom stereocenters. The van der Waals surface area contributed by atoms with Gasteiger partial charge in [0.1, 0.15) is 12.4 Å². The van der Waals surface area contributed by atoms with Crippen molar-refractivity contribution >= 4 is 5.78 Å². The number of hydrogen-bond donors (Lipinski definition) is 0. The lowest BCUT2D eigenvalue weighted by atomic mass is 10.1. The third kappa shape index (κ3) is 3.56. The first-order valence-corrected chi connectivity index (χ1v) is 6.05. The first-order valence-electron chi connectivity index (χ1n) is 6.05. The number of ketones is 1. The molecule has 1 fully saturated rings. The van der Waals surface area contributed by atoms with Crippen LogP contribution in [0, 0.1) is 5.92 Å². The molecule has 1 aliphatic rings. The molecule has 0 spiro atoms. The van der Waals surface area contributed by atoms with Crippen LogP contribution in [-0.4, -0.2) is 26.1 Å². The third-order valence-corrected chi connectivity index (χ3v) is 2.90. The van der Waals surface area contributed by atoms with Crippen molar-refractivity contribution in [1.29, 1.82) is 0 Å². The molecule has 3 heteroatoms. The zero-order valence-electron chi connectivity index (χ0n) is 10.1. The normalized spacial score (nSPS) is 14.6. The molecule has 0 N–H and O–H groups in total. The van der Waals surface area contributed by atoms with Crippen LogP contribution in [0.15, 0.2) is 24.3 Å². The molecule has 2 rings (SSSR count). The van der Waals surface area contributed by atoms with Crippen LogP contribution in [0.4, 0.5) is 0 Å². The first kappa shape index (κ1) is 12.1. The molecule has 3 nitrogen and oxygen atoms in total. The predicted octanol–water partition coefficient (Wildman–Crippen LogP) is 2.69. The maximum Gasteiger partial charge on any atom is 0.166 e. The van der Waals surface area contributed by atoms with E-state index in [4.69, 9.17) is 9.47 Å². The molecular formula is C14H18O3. The topological polar surface area (TPSA) is 35.5 Å². The fraction of sp³-hybridized carbons (Fsp3) is 0.500. The summed E-state index contributed by atoms with van der Waals surface area (Å²) in [5, 5.41) is 0. The molecule has 1 saturated carbocycles. The van der Waals surface area contributed by atoms with E-state index in [1.54, 1.807) is 7.11 Å². The van der Waals surface area contributed by atoms with Gasteiger partial charge in [-0.3, -0.25) is 4.79 Å². The van der Waals surface area contributed by atoms with Crippen LogP contribution in [0.2, 0.25) is 0 Å². The van der Waals surface area contributed by atoms with E-state index in [0.717, 1.165) is 0 Å². The van der Waals surface area contributed by atoms with Crippen LogP contribution in [0.3, 0.4) is 0 Å². The van der Waals surface area contributed by atoms with Crippen molar-refractivity contribution in [2.24, 2.45) is 5.92 Å². The quantitative estimate of drug-likeness (QED) is 0.537. The van der Waals surface area contributed by atoms with Crippen molar-refractivity contribution in [3.05, 3.63) is 29.8 Å². The summed E-state index contributed by atoms with van der Waals surface area (Å²) in [5.41, 5.74) is 0.704. The highest BCUT2D eigenvalue weighted by Gasteiger charge is 2.26. The van der Waals surface area contributed by atoms with Crippen molar-refractivity contribution in [3.63, 3.8) is 0 Å². The van der Waals surface area contributed by atoms with Gasteiger partial charge in [-0.15, -0.1) is 0 Å². The molecule has 17 heavy (non-hydrogen) atoms. The largest absolute Gasteiger partial charge is 0.490 e. The minimum atomic E-state index is 0.195. The highest BCUT2D eigenvalue weighted by Crippen LogP contribution is 2.34. The zero-order chi connectivity index (χ0) is 12.1. The summed E-state index contributed by atoms with van der Waals surface area (Å²) in [7, 11) is 1.63. The van der Waals surface area contributed by atoms with Crippen molar-refractivity contribution in [1.82, 2.24) is 0 Å². The summed E-state index contributed by atoms with van der Waals surface area (Å²) in [6, 6.07) is 7.45. The van der Waals surface area contributed by atoms with Gasteiger partial charge in [0.05, 0.1) is 12.2 Å². The molecule has 0 heterocycles. The van der Waals surface area contributed by atoms with Crippen LogP contribution in [0.1, 0.15) is 29.6 Å². The van der Waals surface area contributed by atoms with E-state index in [-0.39, 0.29) is 5.78 Å². The summed E-state index contributed by atoms with van der Waals surface area (Å²) in [4.78, 5) is 12.0. The summed E-state index contributed by atoms with van der Waals surface area (Å²) in [6.07, 6.45) is 3.04. The number of carbonyl (C=O) groups is 1. The van der Waals surface area contributed by atoms with Gasteiger partial charge in [0.2, 0.25) is 0 Å². The maximum absolute atomic E-state index is 12.0. The molecule has 1 aromatic carbocycles. The molecule has 0 aliphatic heterocycles. The van der Waals surface area contributed by atoms with Crippen molar-refractivity contribution in [2.45, 2.75) is 19.3 Å². The summed E-state index contributed by atoms with van der Waals surface area (Å²) < 4.78 is 10.5. The first-order chi connectivity index (χ1) is 8.31. The number of Topliss-reactive ketones (excluding diaryl/α,β-unsaturated/α-hetero) is 1. The Bertz CT molecular complexity index is 383. The molecule has 0 unspecified atom stereocenters. The van der Waals surface area contributed by atoms with Crippen LogP contribution < -0.4 is 4.74 Å². The number of ether oxygens (including phenoxy) is 2. The van der Waals surface area contributed by atoms with Gasteiger partial charge in [0.25, 0.3) is 0 Å². The lowest BCUT2D eigenvalue weighted by Gasteiger charge is -2.10. The summed E-state index contributed by atoms with van der Waals surface area (Å²) >= 11 is 0. The van der Waals surface area contributed by atoms with E-state index in [1.807, 2.05) is 24.3 Å². The van der Waals surface area contributed by atoms with E-state index < -0.39 is 0 Å². The second-order valence-corrected chi connectivity index (χ2v) is 4.41. The Morgan fingerprint density at radius 2 is 2.06 bits per heavy atom. The molecule has 0 saturated heterocycles. The highest BCUT2D eigenvalue weighted by atomic mass is 16.5. The third-order valence-electron chi connectivity index (χ3n) is 2.90. The van der Waals surface area contributed by atoms with Crippen LogP contribution in [-0.2, 0) is 4.74 Å². The zero-order valence-corrected chi connectivity index (χ0v) is 10.1. The Morgan fingerprint density at radius 1 is 1.29 bits per heavy atom. The van der Waals surface area contributed by atoms with E-state index in [9.17, 15) is 4.79 Å².